The van der Waals surface area contributed by atoms with Crippen molar-refractivity contribution in [2.24, 2.45) is 17.6 Å². The minimum Gasteiger partial charge on any atom is -0.381 e. The van der Waals surface area contributed by atoms with Crippen LogP contribution < -0.4 is 5.73 Å². The van der Waals surface area contributed by atoms with Gasteiger partial charge in [-0.05, 0) is 44.7 Å². The molecule has 2 saturated heterocycles. The first kappa shape index (κ1) is 11.9. The van der Waals surface area contributed by atoms with Crippen LogP contribution in [0.3, 0.4) is 0 Å². The van der Waals surface area contributed by atoms with E-state index in [9.17, 15) is 4.79 Å². The fourth-order valence-electron chi connectivity index (χ4n) is 2.72. The average Bonchev–Trinajstić information content (AvgIpc) is 2.31. The van der Waals surface area contributed by atoms with E-state index in [1.54, 1.807) is 0 Å². The van der Waals surface area contributed by atoms with Gasteiger partial charge >= 0.3 is 0 Å². The van der Waals surface area contributed by atoms with Gasteiger partial charge in [-0.1, -0.05) is 0 Å². The van der Waals surface area contributed by atoms with Crippen molar-refractivity contribution < 1.29 is 9.53 Å². The number of primary amides is 1. The molecular formula is C12H22N2O2. The minimum absolute atomic E-state index is 0.110. The van der Waals surface area contributed by atoms with Crippen molar-refractivity contribution in [2.75, 3.05) is 32.8 Å². The van der Waals surface area contributed by atoms with Crippen molar-refractivity contribution >= 4 is 5.91 Å². The molecule has 0 saturated carbocycles. The van der Waals surface area contributed by atoms with Crippen LogP contribution in [0.4, 0.5) is 0 Å². The summed E-state index contributed by atoms with van der Waals surface area (Å²) in [6.45, 7) is 5.01. The second-order valence-electron chi connectivity index (χ2n) is 5.06. The number of carbonyl (C=O) groups is 1. The van der Waals surface area contributed by atoms with E-state index in [-0.39, 0.29) is 11.8 Å². The molecule has 0 aromatic rings. The summed E-state index contributed by atoms with van der Waals surface area (Å²) in [7, 11) is 0. The molecule has 2 heterocycles. The number of carbonyl (C=O) groups excluding carboxylic acids is 1. The van der Waals surface area contributed by atoms with E-state index in [2.05, 4.69) is 4.90 Å². The second kappa shape index (κ2) is 5.64. The number of nitrogens with zero attached hydrogens (tertiary/aromatic N) is 1. The fraction of sp³-hybridized carbons (Fsp3) is 0.917. The molecule has 1 amide bonds. The average molecular weight is 226 g/mol. The summed E-state index contributed by atoms with van der Waals surface area (Å²) in [5.41, 5.74) is 5.32. The van der Waals surface area contributed by atoms with Gasteiger partial charge in [0.2, 0.25) is 5.91 Å². The highest BCUT2D eigenvalue weighted by atomic mass is 16.5. The van der Waals surface area contributed by atoms with E-state index in [4.69, 9.17) is 10.5 Å². The molecule has 2 aliphatic rings. The number of hydrogen-bond donors (Lipinski definition) is 1. The number of likely N-dealkylation sites (tertiary alicyclic amines) is 1. The highest BCUT2D eigenvalue weighted by Crippen LogP contribution is 2.20. The largest absolute Gasteiger partial charge is 0.381 e. The predicted molar refractivity (Wildman–Crippen MR) is 61.9 cm³/mol. The summed E-state index contributed by atoms with van der Waals surface area (Å²) in [6.07, 6.45) is 4.35. The molecule has 0 aromatic heterocycles. The topological polar surface area (TPSA) is 55.6 Å². The van der Waals surface area contributed by atoms with Gasteiger partial charge < -0.3 is 15.4 Å². The van der Waals surface area contributed by atoms with Gasteiger partial charge in [0.15, 0.2) is 0 Å². The van der Waals surface area contributed by atoms with Crippen LogP contribution in [-0.4, -0.2) is 43.7 Å². The van der Waals surface area contributed by atoms with Gasteiger partial charge in [-0.25, -0.2) is 0 Å². The third-order valence-corrected chi connectivity index (χ3v) is 3.76. The smallest absolute Gasteiger partial charge is 0.220 e. The van der Waals surface area contributed by atoms with E-state index in [0.717, 1.165) is 45.7 Å². The molecule has 1 atom stereocenters. The lowest BCUT2D eigenvalue weighted by atomic mass is 9.94. The van der Waals surface area contributed by atoms with Gasteiger partial charge in [0.1, 0.15) is 0 Å². The van der Waals surface area contributed by atoms with E-state index in [1.807, 2.05) is 0 Å². The molecule has 0 bridgehead atoms. The Morgan fingerprint density at radius 1 is 1.31 bits per heavy atom. The summed E-state index contributed by atoms with van der Waals surface area (Å²) in [4.78, 5) is 13.5. The number of hydrogen-bond acceptors (Lipinski definition) is 3. The van der Waals surface area contributed by atoms with Crippen LogP contribution in [0.2, 0.25) is 0 Å². The van der Waals surface area contributed by atoms with E-state index in [1.165, 1.54) is 12.8 Å². The first-order valence-corrected chi connectivity index (χ1v) is 6.35. The Hall–Kier alpha value is -0.610. The van der Waals surface area contributed by atoms with Crippen LogP contribution >= 0.6 is 0 Å². The van der Waals surface area contributed by atoms with Crippen LogP contribution in [0.5, 0.6) is 0 Å². The van der Waals surface area contributed by atoms with Gasteiger partial charge in [0.25, 0.3) is 0 Å². The molecular weight excluding hydrogens is 204 g/mol. The highest BCUT2D eigenvalue weighted by molar-refractivity contribution is 5.76. The highest BCUT2D eigenvalue weighted by Gasteiger charge is 2.25. The van der Waals surface area contributed by atoms with Gasteiger partial charge in [-0.15, -0.1) is 0 Å². The molecule has 0 aromatic carbocycles. The third-order valence-electron chi connectivity index (χ3n) is 3.76. The summed E-state index contributed by atoms with van der Waals surface area (Å²) < 4.78 is 5.48. The van der Waals surface area contributed by atoms with Gasteiger partial charge in [-0.3, -0.25) is 4.79 Å². The molecule has 4 nitrogen and oxygen atoms in total. The molecule has 0 radical (unpaired) electrons. The standard InChI is InChI=1S/C12H22N2O2/c13-12(15)11-3-5-14(6-4-11)8-10-2-1-7-16-9-10/h10-11H,1-9H2,(H2,13,15). The van der Waals surface area contributed by atoms with Crippen LogP contribution in [0.25, 0.3) is 0 Å². The lowest BCUT2D eigenvalue weighted by molar-refractivity contribution is -0.123. The molecule has 0 spiro atoms. The Balaban J connectivity index is 1.70. The maximum Gasteiger partial charge on any atom is 0.220 e. The molecule has 92 valence electrons. The molecule has 2 rings (SSSR count). The normalized spacial score (nSPS) is 29.1. The zero-order valence-electron chi connectivity index (χ0n) is 9.86. The Morgan fingerprint density at radius 3 is 2.62 bits per heavy atom. The third kappa shape index (κ3) is 3.19. The first-order chi connectivity index (χ1) is 7.75. The van der Waals surface area contributed by atoms with Crippen LogP contribution in [0.15, 0.2) is 0 Å². The van der Waals surface area contributed by atoms with E-state index in [0.29, 0.717) is 5.92 Å². The summed E-state index contributed by atoms with van der Waals surface area (Å²) in [5, 5.41) is 0. The molecule has 16 heavy (non-hydrogen) atoms. The van der Waals surface area contributed by atoms with Crippen molar-refractivity contribution in [1.29, 1.82) is 0 Å². The maximum absolute atomic E-state index is 11.0. The number of ether oxygens (including phenoxy) is 1. The van der Waals surface area contributed by atoms with Crippen molar-refractivity contribution in [1.82, 2.24) is 4.90 Å². The SMILES string of the molecule is NC(=O)C1CCN(CC2CCCOC2)CC1. The summed E-state index contributed by atoms with van der Waals surface area (Å²) in [6, 6.07) is 0. The Labute approximate surface area is 97.1 Å². The zero-order chi connectivity index (χ0) is 11.4. The first-order valence-electron chi connectivity index (χ1n) is 6.35. The molecule has 2 fully saturated rings. The number of rotatable bonds is 3. The number of nitrogens with two attached hydrogens (primary N) is 1. The fourth-order valence-corrected chi connectivity index (χ4v) is 2.72. The van der Waals surface area contributed by atoms with Crippen LogP contribution in [-0.2, 0) is 9.53 Å². The molecule has 2 N–H and O–H groups in total. The van der Waals surface area contributed by atoms with Gasteiger partial charge in [0.05, 0.1) is 6.61 Å². The molecule has 2 aliphatic heterocycles. The lowest BCUT2D eigenvalue weighted by Gasteiger charge is -2.34. The monoisotopic (exact) mass is 226 g/mol. The molecule has 4 heteroatoms. The quantitative estimate of drug-likeness (QED) is 0.767. The zero-order valence-corrected chi connectivity index (χ0v) is 9.86. The van der Waals surface area contributed by atoms with Crippen LogP contribution in [0, 0.1) is 11.8 Å². The molecule has 0 aliphatic carbocycles. The minimum atomic E-state index is -0.124. The maximum atomic E-state index is 11.0. The summed E-state index contributed by atoms with van der Waals surface area (Å²) >= 11 is 0. The van der Waals surface area contributed by atoms with Crippen LogP contribution in [0.1, 0.15) is 25.7 Å². The van der Waals surface area contributed by atoms with E-state index < -0.39 is 0 Å². The van der Waals surface area contributed by atoms with Crippen molar-refractivity contribution in [2.45, 2.75) is 25.7 Å². The van der Waals surface area contributed by atoms with Crippen molar-refractivity contribution in [3.63, 3.8) is 0 Å². The Morgan fingerprint density at radius 2 is 2.06 bits per heavy atom. The van der Waals surface area contributed by atoms with E-state index >= 15 is 0 Å². The predicted octanol–water partition coefficient (Wildman–Crippen LogP) is 0.610. The summed E-state index contributed by atoms with van der Waals surface area (Å²) in [5.74, 6) is 0.679. The lowest BCUT2D eigenvalue weighted by Crippen LogP contribution is -2.41. The van der Waals surface area contributed by atoms with Gasteiger partial charge in [0, 0.05) is 19.1 Å². The Kier molecular flexibility index (Phi) is 4.18. The molecule has 1 unspecified atom stereocenters. The second-order valence-corrected chi connectivity index (χ2v) is 5.06. The van der Waals surface area contributed by atoms with Gasteiger partial charge in [-0.2, -0.15) is 0 Å². The van der Waals surface area contributed by atoms with Crippen molar-refractivity contribution in [3.8, 4) is 0 Å². The Bertz CT molecular complexity index is 231. The number of piperidine rings is 1. The number of amides is 1. The van der Waals surface area contributed by atoms with Crippen molar-refractivity contribution in [3.05, 3.63) is 0 Å².